The average Bonchev–Trinajstić information content (AvgIpc) is 3.28. The maximum absolute atomic E-state index is 12.7. The number of carbonyl (C=O) groups excluding carboxylic acids is 2. The van der Waals surface area contributed by atoms with Crippen LogP contribution in [0.2, 0.25) is 0 Å². The lowest BCUT2D eigenvalue weighted by Crippen LogP contribution is -2.28. The topological polar surface area (TPSA) is 68.2 Å². The smallest absolute Gasteiger partial charge is 0.254 e. The number of carbonyl (C=O) groups is 2. The molecule has 3 aliphatic rings. The van der Waals surface area contributed by atoms with Crippen molar-refractivity contribution in [2.45, 2.75) is 32.8 Å². The van der Waals surface area contributed by atoms with Gasteiger partial charge in [-0.05, 0) is 51.2 Å². The highest BCUT2D eigenvalue weighted by atomic mass is 16.5. The zero-order chi connectivity index (χ0) is 19.3. The molecule has 4 unspecified atom stereocenters. The van der Waals surface area contributed by atoms with Crippen LogP contribution in [0.3, 0.4) is 0 Å². The van der Waals surface area contributed by atoms with Crippen molar-refractivity contribution in [1.29, 1.82) is 0 Å². The van der Waals surface area contributed by atoms with E-state index in [0.29, 0.717) is 17.1 Å². The summed E-state index contributed by atoms with van der Waals surface area (Å²) in [4.78, 5) is 25.5. The van der Waals surface area contributed by atoms with E-state index in [1.54, 1.807) is 13.2 Å². The summed E-state index contributed by atoms with van der Waals surface area (Å²) < 4.78 is 11.4. The number of fused-ring (bicyclic) bond motifs is 5. The molecule has 6 heteroatoms. The second-order valence-electron chi connectivity index (χ2n) is 8.33. The lowest BCUT2D eigenvalue weighted by Gasteiger charge is -2.24. The number of hydrogen-bond acceptors (Lipinski definition) is 5. The summed E-state index contributed by atoms with van der Waals surface area (Å²) in [5, 5.41) is 5.29. The predicted octanol–water partition coefficient (Wildman–Crippen LogP) is 3.01. The van der Waals surface area contributed by atoms with E-state index in [-0.39, 0.29) is 35.5 Å². The molecule has 0 N–H and O–H groups in total. The first-order valence-electron chi connectivity index (χ1n) is 9.26. The molecular formula is C21H24N2O4. The lowest BCUT2D eigenvalue weighted by atomic mass is 9.85. The number of benzene rings is 1. The Morgan fingerprint density at radius 2 is 1.74 bits per heavy atom. The fourth-order valence-corrected chi connectivity index (χ4v) is 4.33. The third-order valence-corrected chi connectivity index (χ3v) is 5.40. The van der Waals surface area contributed by atoms with Crippen LogP contribution in [0, 0.1) is 23.7 Å². The molecule has 27 heavy (non-hydrogen) atoms. The Morgan fingerprint density at radius 1 is 1.11 bits per heavy atom. The van der Waals surface area contributed by atoms with E-state index in [4.69, 9.17) is 9.47 Å². The van der Waals surface area contributed by atoms with Gasteiger partial charge in [0.25, 0.3) is 11.8 Å². The molecule has 1 aromatic rings. The largest absolute Gasteiger partial charge is 0.493 e. The number of rotatable bonds is 4. The summed E-state index contributed by atoms with van der Waals surface area (Å²) in [5.74, 6) is 0.574. The number of hydrazone groups is 1. The van der Waals surface area contributed by atoms with E-state index in [2.05, 4.69) is 17.3 Å². The van der Waals surface area contributed by atoms with Crippen LogP contribution in [0.4, 0.5) is 0 Å². The van der Waals surface area contributed by atoms with Gasteiger partial charge in [-0.25, -0.2) is 0 Å². The summed E-state index contributed by atoms with van der Waals surface area (Å²) in [6.07, 6.45) is 6.56. The van der Waals surface area contributed by atoms with E-state index in [1.807, 2.05) is 32.9 Å². The maximum atomic E-state index is 12.7. The first-order chi connectivity index (χ1) is 12.8. The van der Waals surface area contributed by atoms with Crippen molar-refractivity contribution in [1.82, 2.24) is 5.01 Å². The molecule has 142 valence electrons. The van der Waals surface area contributed by atoms with Gasteiger partial charge >= 0.3 is 0 Å². The molecule has 2 bridgehead atoms. The second kappa shape index (κ2) is 6.22. The third-order valence-electron chi connectivity index (χ3n) is 5.40. The first kappa shape index (κ1) is 17.8. The van der Waals surface area contributed by atoms with Gasteiger partial charge in [0.15, 0.2) is 11.5 Å². The summed E-state index contributed by atoms with van der Waals surface area (Å²) in [6, 6.07) is 5.45. The first-order valence-corrected chi connectivity index (χ1v) is 9.26. The van der Waals surface area contributed by atoms with Crippen LogP contribution in [-0.2, 0) is 9.59 Å². The van der Waals surface area contributed by atoms with E-state index >= 15 is 0 Å². The Kier molecular flexibility index (Phi) is 4.09. The second-order valence-corrected chi connectivity index (χ2v) is 8.33. The van der Waals surface area contributed by atoms with Gasteiger partial charge in [0.1, 0.15) is 5.60 Å². The Bertz CT molecular complexity index is 822. The van der Waals surface area contributed by atoms with Crippen LogP contribution < -0.4 is 9.47 Å². The normalized spacial score (nSPS) is 29.1. The highest BCUT2D eigenvalue weighted by molar-refractivity contribution is 6.07. The third kappa shape index (κ3) is 2.93. The standard InChI is InChI=1S/C21H24N2O4/c1-21(2,3)27-18-14(6-5-7-15(18)26-4)11-22-23-19(24)16-12-8-9-13(10-12)17(16)20(23)25/h5-9,11-13,16-17H,10H2,1-4H3. The molecule has 6 nitrogen and oxygen atoms in total. The van der Waals surface area contributed by atoms with E-state index in [1.165, 1.54) is 6.21 Å². The number of amides is 2. The number of ether oxygens (including phenoxy) is 2. The Balaban J connectivity index is 1.62. The SMILES string of the molecule is COc1cccc(C=NN2C(=O)C3C4C=CC(C4)C3C2=O)c1OC(C)(C)C. The molecule has 0 radical (unpaired) electrons. The van der Waals surface area contributed by atoms with Gasteiger partial charge in [0.2, 0.25) is 0 Å². The Hall–Kier alpha value is -2.63. The minimum atomic E-state index is -0.432. The molecule has 1 saturated carbocycles. The average molecular weight is 368 g/mol. The van der Waals surface area contributed by atoms with Crippen LogP contribution in [0.5, 0.6) is 11.5 Å². The van der Waals surface area contributed by atoms with Crippen LogP contribution in [0.1, 0.15) is 32.8 Å². The number of nitrogens with zero attached hydrogens (tertiary/aromatic N) is 2. The van der Waals surface area contributed by atoms with Crippen molar-refractivity contribution >= 4 is 18.0 Å². The van der Waals surface area contributed by atoms with E-state index in [0.717, 1.165) is 11.4 Å². The molecule has 1 aliphatic heterocycles. The van der Waals surface area contributed by atoms with Gasteiger partial charge in [-0.3, -0.25) is 9.59 Å². The minimum Gasteiger partial charge on any atom is -0.493 e. The lowest BCUT2D eigenvalue weighted by molar-refractivity contribution is -0.140. The van der Waals surface area contributed by atoms with Crippen molar-refractivity contribution in [2.75, 3.05) is 7.11 Å². The molecule has 1 saturated heterocycles. The van der Waals surface area contributed by atoms with Crippen LogP contribution in [-0.4, -0.2) is 35.7 Å². The Labute approximate surface area is 158 Å². The molecular weight excluding hydrogens is 344 g/mol. The van der Waals surface area contributed by atoms with Crippen molar-refractivity contribution in [3.63, 3.8) is 0 Å². The highest BCUT2D eigenvalue weighted by Crippen LogP contribution is 2.52. The predicted molar refractivity (Wildman–Crippen MR) is 101 cm³/mol. The number of methoxy groups -OCH3 is 1. The fraction of sp³-hybridized carbons (Fsp3) is 0.476. The molecule has 2 fully saturated rings. The maximum Gasteiger partial charge on any atom is 0.254 e. The summed E-state index contributed by atoms with van der Waals surface area (Å²) in [5.41, 5.74) is 0.223. The molecule has 4 atom stereocenters. The molecule has 2 amide bonds. The number of allylic oxidation sites excluding steroid dienone is 2. The monoisotopic (exact) mass is 368 g/mol. The molecule has 1 heterocycles. The Morgan fingerprint density at radius 3 is 2.30 bits per heavy atom. The van der Waals surface area contributed by atoms with Gasteiger partial charge in [-0.1, -0.05) is 18.2 Å². The number of imide groups is 1. The van der Waals surface area contributed by atoms with Gasteiger partial charge in [-0.15, -0.1) is 0 Å². The van der Waals surface area contributed by atoms with E-state index < -0.39 is 5.60 Å². The zero-order valence-electron chi connectivity index (χ0n) is 16.0. The summed E-state index contributed by atoms with van der Waals surface area (Å²) in [6.45, 7) is 5.83. The fourth-order valence-electron chi connectivity index (χ4n) is 4.33. The van der Waals surface area contributed by atoms with Crippen LogP contribution in [0.25, 0.3) is 0 Å². The molecule has 0 spiro atoms. The molecule has 2 aliphatic carbocycles. The van der Waals surface area contributed by atoms with Crippen LogP contribution >= 0.6 is 0 Å². The quantitative estimate of drug-likeness (QED) is 0.465. The van der Waals surface area contributed by atoms with Gasteiger partial charge in [0.05, 0.1) is 25.2 Å². The van der Waals surface area contributed by atoms with Crippen LogP contribution in [0.15, 0.2) is 35.5 Å². The van der Waals surface area contributed by atoms with Crippen molar-refractivity contribution < 1.29 is 19.1 Å². The minimum absolute atomic E-state index is 0.174. The number of para-hydroxylation sites is 1. The molecule has 0 aromatic heterocycles. The van der Waals surface area contributed by atoms with Crippen molar-refractivity contribution in [3.8, 4) is 11.5 Å². The molecule has 1 aromatic carbocycles. The number of hydrogen-bond donors (Lipinski definition) is 0. The van der Waals surface area contributed by atoms with Crippen molar-refractivity contribution in [2.24, 2.45) is 28.8 Å². The highest BCUT2D eigenvalue weighted by Gasteiger charge is 2.59. The van der Waals surface area contributed by atoms with Crippen molar-refractivity contribution in [3.05, 3.63) is 35.9 Å². The van der Waals surface area contributed by atoms with Gasteiger partial charge in [-0.2, -0.15) is 10.1 Å². The summed E-state index contributed by atoms with van der Waals surface area (Å²) >= 11 is 0. The summed E-state index contributed by atoms with van der Waals surface area (Å²) in [7, 11) is 1.57. The van der Waals surface area contributed by atoms with E-state index in [9.17, 15) is 9.59 Å². The molecule has 4 rings (SSSR count). The van der Waals surface area contributed by atoms with Gasteiger partial charge < -0.3 is 9.47 Å². The van der Waals surface area contributed by atoms with Gasteiger partial charge in [0, 0.05) is 5.56 Å². The zero-order valence-corrected chi connectivity index (χ0v) is 16.0.